The number of carbonyl (C=O) groups excluding carboxylic acids is 1. The number of allylic oxidation sites excluding steroid dienone is 1. The van der Waals surface area contributed by atoms with Crippen molar-refractivity contribution in [2.24, 2.45) is 4.74 Å². The van der Waals surface area contributed by atoms with E-state index in [9.17, 15) is 4.79 Å². The number of ether oxygens (including phenoxy) is 1. The van der Waals surface area contributed by atoms with Crippen LogP contribution in [0.3, 0.4) is 0 Å². The summed E-state index contributed by atoms with van der Waals surface area (Å²) in [5, 5.41) is 1.95. The lowest BCUT2D eigenvalue weighted by atomic mass is 10.3. The topological polar surface area (TPSA) is 47.9 Å². The molecule has 0 unspecified atom stereocenters. The minimum atomic E-state index is -2.62. The molecular formula is C22H28NO3P. The normalized spacial score (nSPS) is 11.9. The van der Waals surface area contributed by atoms with Gasteiger partial charge in [0.2, 0.25) is 0 Å². The predicted molar refractivity (Wildman–Crippen MR) is 113 cm³/mol. The van der Waals surface area contributed by atoms with E-state index in [0.717, 1.165) is 23.5 Å². The van der Waals surface area contributed by atoms with Crippen LogP contribution in [0.5, 0.6) is 0 Å². The molecule has 0 aliphatic heterocycles. The van der Waals surface area contributed by atoms with Gasteiger partial charge in [-0.1, -0.05) is 80.1 Å². The molecule has 4 nitrogen and oxygen atoms in total. The number of nitrogens with zero attached hydrogens (tertiary/aromatic N) is 1. The number of hydrogen-bond donors (Lipinski definition) is 0. The molecule has 0 atom stereocenters. The van der Waals surface area contributed by atoms with Crippen LogP contribution < -0.4 is 10.6 Å². The molecule has 0 bridgehead atoms. The summed E-state index contributed by atoms with van der Waals surface area (Å²) in [4.78, 5) is 12.6. The highest BCUT2D eigenvalue weighted by Gasteiger charge is 2.27. The molecular weight excluding hydrogens is 357 g/mol. The fourth-order valence-electron chi connectivity index (χ4n) is 2.69. The molecule has 2 aromatic carbocycles. The maximum Gasteiger partial charge on any atom is 0.356 e. The van der Waals surface area contributed by atoms with Crippen molar-refractivity contribution in [3.63, 3.8) is 0 Å². The lowest BCUT2D eigenvalue weighted by Crippen LogP contribution is -2.20. The molecule has 0 fully saturated rings. The number of benzene rings is 2. The third-order valence-electron chi connectivity index (χ3n) is 3.89. The van der Waals surface area contributed by atoms with Crippen molar-refractivity contribution < 1.29 is 14.1 Å². The van der Waals surface area contributed by atoms with Crippen LogP contribution >= 0.6 is 7.28 Å². The average Bonchev–Trinajstić information content (AvgIpc) is 2.72. The van der Waals surface area contributed by atoms with Crippen molar-refractivity contribution in [1.29, 1.82) is 0 Å². The van der Waals surface area contributed by atoms with Gasteiger partial charge in [0.15, 0.2) is 0 Å². The quantitative estimate of drug-likeness (QED) is 0.345. The minimum Gasteiger partial charge on any atom is -0.461 e. The molecule has 0 spiro atoms. The minimum absolute atomic E-state index is 0.314. The summed E-state index contributed by atoms with van der Waals surface area (Å²) < 4.78 is 16.6. The Balaban J connectivity index is 2.76. The van der Waals surface area contributed by atoms with E-state index in [1.807, 2.05) is 73.7 Å². The number of hydrogen-bond acceptors (Lipinski definition) is 4. The van der Waals surface area contributed by atoms with Gasteiger partial charge >= 0.3 is 5.97 Å². The Morgan fingerprint density at radius 2 is 1.48 bits per heavy atom. The molecule has 2 aromatic rings. The maximum absolute atomic E-state index is 12.6. The Hall–Kier alpha value is -2.16. The highest BCUT2D eigenvalue weighted by atomic mass is 31.2. The zero-order chi connectivity index (χ0) is 19.5. The van der Waals surface area contributed by atoms with Crippen molar-refractivity contribution in [2.45, 2.75) is 33.6 Å². The van der Waals surface area contributed by atoms with Crippen LogP contribution in [0.4, 0.5) is 0 Å². The van der Waals surface area contributed by atoms with Gasteiger partial charge in [0.05, 0.1) is 13.2 Å². The summed E-state index contributed by atoms with van der Waals surface area (Å²) in [6.07, 6.45) is 3.54. The summed E-state index contributed by atoms with van der Waals surface area (Å²) >= 11 is 0. The van der Waals surface area contributed by atoms with E-state index in [2.05, 4.69) is 6.92 Å². The lowest BCUT2D eigenvalue weighted by Gasteiger charge is -2.25. The van der Waals surface area contributed by atoms with Crippen LogP contribution in [0.1, 0.15) is 33.6 Å². The molecule has 0 aromatic heterocycles. The van der Waals surface area contributed by atoms with Gasteiger partial charge in [0.25, 0.3) is 0 Å². The smallest absolute Gasteiger partial charge is 0.356 e. The summed E-state index contributed by atoms with van der Waals surface area (Å²) in [5.74, 6) is -0.401. The van der Waals surface area contributed by atoms with Gasteiger partial charge in [-0.2, -0.15) is 0 Å². The number of unbranched alkanes of at least 4 members (excludes halogenated alkanes) is 1. The zero-order valence-corrected chi connectivity index (χ0v) is 17.2. The number of carbonyl (C=O) groups is 1. The molecule has 0 aliphatic carbocycles. The Bertz CT molecular complexity index is 757. The SMILES string of the molecule is CCC/C=C(/N=P(OCC)(c1ccccc1)c1ccccc1)C(=O)OCC. The van der Waals surface area contributed by atoms with Gasteiger partial charge in [-0.05, 0) is 20.3 Å². The van der Waals surface area contributed by atoms with Gasteiger partial charge < -0.3 is 9.26 Å². The predicted octanol–water partition coefficient (Wildman–Crippen LogP) is 5.04. The van der Waals surface area contributed by atoms with E-state index in [1.165, 1.54) is 0 Å². The Morgan fingerprint density at radius 3 is 1.93 bits per heavy atom. The van der Waals surface area contributed by atoms with Crippen molar-refractivity contribution in [1.82, 2.24) is 0 Å². The third kappa shape index (κ3) is 5.41. The summed E-state index contributed by atoms with van der Waals surface area (Å²) in [7, 11) is -2.62. The molecule has 27 heavy (non-hydrogen) atoms. The lowest BCUT2D eigenvalue weighted by molar-refractivity contribution is -0.138. The molecule has 0 saturated heterocycles. The first kappa shape index (κ1) is 21.1. The average molecular weight is 385 g/mol. The van der Waals surface area contributed by atoms with Crippen LogP contribution in [0.15, 0.2) is 77.2 Å². The highest BCUT2D eigenvalue weighted by Crippen LogP contribution is 2.50. The summed E-state index contributed by atoms with van der Waals surface area (Å²) in [6.45, 7) is 6.63. The van der Waals surface area contributed by atoms with Crippen molar-refractivity contribution in [2.75, 3.05) is 13.2 Å². The fourth-order valence-corrected chi connectivity index (χ4v) is 5.57. The first-order valence-electron chi connectivity index (χ1n) is 9.43. The maximum atomic E-state index is 12.6. The molecule has 2 rings (SSSR count). The second-order valence-electron chi connectivity index (χ2n) is 5.86. The van der Waals surface area contributed by atoms with Gasteiger partial charge in [-0.25, -0.2) is 9.54 Å². The second-order valence-corrected chi connectivity index (χ2v) is 8.51. The molecule has 5 heteroatoms. The van der Waals surface area contributed by atoms with Gasteiger partial charge in [0.1, 0.15) is 13.0 Å². The third-order valence-corrected chi connectivity index (χ3v) is 7.01. The van der Waals surface area contributed by atoms with Crippen LogP contribution in [-0.4, -0.2) is 19.2 Å². The summed E-state index contributed by atoms with van der Waals surface area (Å²) in [5.41, 5.74) is 0.341. The van der Waals surface area contributed by atoms with Crippen LogP contribution in [0, 0.1) is 0 Å². The Morgan fingerprint density at radius 1 is 0.926 bits per heavy atom. The molecule has 0 aliphatic rings. The van der Waals surface area contributed by atoms with Crippen molar-refractivity contribution >= 4 is 23.9 Å². The van der Waals surface area contributed by atoms with E-state index in [-0.39, 0.29) is 0 Å². The van der Waals surface area contributed by atoms with E-state index >= 15 is 0 Å². The standard InChI is InChI=1S/C22H28NO3P/c1-4-7-18-21(22(24)25-5-2)23-27(26-6-3,19-14-10-8-11-15-19)20-16-12-9-13-17-20/h8-18H,4-7H2,1-3H3/b21-18+. The first-order valence-corrected chi connectivity index (χ1v) is 11.1. The Kier molecular flexibility index (Phi) is 8.50. The highest BCUT2D eigenvalue weighted by molar-refractivity contribution is 7.76. The van der Waals surface area contributed by atoms with E-state index < -0.39 is 13.3 Å². The molecule has 0 N–H and O–H groups in total. The molecule has 0 amide bonds. The van der Waals surface area contributed by atoms with Crippen LogP contribution in [0.2, 0.25) is 0 Å². The fraction of sp³-hybridized carbons (Fsp3) is 0.318. The Labute approximate surface area is 162 Å². The van der Waals surface area contributed by atoms with Crippen LogP contribution in [-0.2, 0) is 14.1 Å². The van der Waals surface area contributed by atoms with E-state index in [0.29, 0.717) is 18.9 Å². The van der Waals surface area contributed by atoms with Gasteiger partial charge in [0, 0.05) is 10.6 Å². The van der Waals surface area contributed by atoms with Gasteiger partial charge in [-0.3, -0.25) is 0 Å². The number of esters is 1. The van der Waals surface area contributed by atoms with Crippen LogP contribution in [0.25, 0.3) is 0 Å². The van der Waals surface area contributed by atoms with Gasteiger partial charge in [-0.15, -0.1) is 0 Å². The second kappa shape index (κ2) is 10.9. The summed E-state index contributed by atoms with van der Waals surface area (Å²) in [6, 6.07) is 19.9. The van der Waals surface area contributed by atoms with E-state index in [4.69, 9.17) is 14.0 Å². The largest absolute Gasteiger partial charge is 0.461 e. The monoisotopic (exact) mass is 385 g/mol. The molecule has 0 heterocycles. The first-order chi connectivity index (χ1) is 13.2. The van der Waals surface area contributed by atoms with E-state index in [1.54, 1.807) is 6.92 Å². The molecule has 0 saturated carbocycles. The van der Waals surface area contributed by atoms with Crippen molar-refractivity contribution in [3.05, 3.63) is 72.4 Å². The zero-order valence-electron chi connectivity index (χ0n) is 16.3. The molecule has 0 radical (unpaired) electrons. The van der Waals surface area contributed by atoms with Crippen molar-refractivity contribution in [3.8, 4) is 0 Å². The molecule has 144 valence electrons. The number of rotatable bonds is 9.